The summed E-state index contributed by atoms with van der Waals surface area (Å²) in [5.74, 6) is 0.786. The second-order valence-electron chi connectivity index (χ2n) is 1.94. The molecule has 60 valence electrons. The van der Waals surface area contributed by atoms with Crippen LogP contribution in [0.2, 0.25) is 0 Å². The van der Waals surface area contributed by atoms with Crippen molar-refractivity contribution in [2.45, 2.75) is 4.90 Å². The van der Waals surface area contributed by atoms with Crippen LogP contribution in [0.5, 0.6) is 5.75 Å². The van der Waals surface area contributed by atoms with Gasteiger partial charge in [0.1, 0.15) is 5.75 Å². The first-order chi connectivity index (χ1) is 5.15. The van der Waals surface area contributed by atoms with E-state index in [0.717, 1.165) is 18.7 Å². The number of hydrogen-bond donors (Lipinski definition) is 1. The van der Waals surface area contributed by atoms with Crippen molar-refractivity contribution >= 4 is 51.1 Å². The molecular formula is C7H6BrIOS. The van der Waals surface area contributed by atoms with Gasteiger partial charge in [0.15, 0.2) is 0 Å². The Hall–Kier alpha value is 0.580. The molecule has 1 rings (SSSR count). The van der Waals surface area contributed by atoms with Crippen molar-refractivity contribution in [3.8, 4) is 5.75 Å². The molecular weight excluding hydrogens is 339 g/mol. The number of benzene rings is 1. The maximum atomic E-state index is 5.10. The van der Waals surface area contributed by atoms with Gasteiger partial charge in [-0.2, -0.15) is 0 Å². The van der Waals surface area contributed by atoms with Crippen LogP contribution in [-0.4, -0.2) is 7.11 Å². The normalized spacial score (nSPS) is 9.82. The highest BCUT2D eigenvalue weighted by molar-refractivity contribution is 14.1. The van der Waals surface area contributed by atoms with Gasteiger partial charge in [-0.15, -0.1) is 12.6 Å². The van der Waals surface area contributed by atoms with Gasteiger partial charge in [-0.25, -0.2) is 0 Å². The summed E-state index contributed by atoms with van der Waals surface area (Å²) in [5.41, 5.74) is 0. The van der Waals surface area contributed by atoms with Gasteiger partial charge in [-0.3, -0.25) is 0 Å². The summed E-state index contributed by atoms with van der Waals surface area (Å²) in [5, 5.41) is 0. The first kappa shape index (κ1) is 9.67. The van der Waals surface area contributed by atoms with Crippen molar-refractivity contribution in [2.75, 3.05) is 7.11 Å². The topological polar surface area (TPSA) is 9.23 Å². The van der Waals surface area contributed by atoms with Crippen LogP contribution in [0.3, 0.4) is 0 Å². The third-order valence-corrected chi connectivity index (χ3v) is 2.74. The fourth-order valence-electron chi connectivity index (χ4n) is 0.749. The molecule has 0 fully saturated rings. The Bertz CT molecular complexity index is 254. The van der Waals surface area contributed by atoms with E-state index in [1.54, 1.807) is 7.11 Å². The van der Waals surface area contributed by atoms with Crippen LogP contribution in [0.1, 0.15) is 0 Å². The van der Waals surface area contributed by atoms with Gasteiger partial charge in [-0.05, 0) is 50.7 Å². The lowest BCUT2D eigenvalue weighted by molar-refractivity contribution is 0.402. The lowest BCUT2D eigenvalue weighted by Gasteiger charge is -2.05. The molecule has 0 heterocycles. The fraction of sp³-hybridized carbons (Fsp3) is 0.143. The van der Waals surface area contributed by atoms with Crippen molar-refractivity contribution in [1.29, 1.82) is 0 Å². The molecule has 0 unspecified atom stereocenters. The van der Waals surface area contributed by atoms with Gasteiger partial charge in [0, 0.05) is 8.47 Å². The Kier molecular flexibility index (Phi) is 3.52. The molecule has 0 saturated heterocycles. The second kappa shape index (κ2) is 4.00. The zero-order valence-corrected chi connectivity index (χ0v) is 10.4. The number of rotatable bonds is 1. The molecule has 0 aliphatic heterocycles. The molecule has 0 amide bonds. The molecule has 0 atom stereocenters. The van der Waals surface area contributed by atoms with Crippen molar-refractivity contribution in [2.24, 2.45) is 0 Å². The van der Waals surface area contributed by atoms with Crippen molar-refractivity contribution in [1.82, 2.24) is 0 Å². The molecule has 11 heavy (non-hydrogen) atoms. The Morgan fingerprint density at radius 1 is 1.55 bits per heavy atom. The van der Waals surface area contributed by atoms with Crippen molar-refractivity contribution in [3.63, 3.8) is 0 Å². The van der Waals surface area contributed by atoms with E-state index < -0.39 is 0 Å². The molecule has 4 heteroatoms. The molecule has 0 aliphatic rings. The van der Waals surface area contributed by atoms with Gasteiger partial charge >= 0.3 is 0 Å². The highest BCUT2D eigenvalue weighted by atomic mass is 127. The number of thiol groups is 1. The van der Waals surface area contributed by atoms with E-state index >= 15 is 0 Å². The lowest BCUT2D eigenvalue weighted by Crippen LogP contribution is -1.86. The van der Waals surface area contributed by atoms with Crippen LogP contribution < -0.4 is 4.74 Å². The molecule has 0 N–H and O–H groups in total. The summed E-state index contributed by atoms with van der Waals surface area (Å²) in [6.07, 6.45) is 0. The Labute approximate surface area is 93.2 Å². The van der Waals surface area contributed by atoms with E-state index in [0.29, 0.717) is 0 Å². The summed E-state index contributed by atoms with van der Waals surface area (Å²) in [6.45, 7) is 0. The lowest BCUT2D eigenvalue weighted by atomic mass is 10.3. The molecule has 0 aliphatic carbocycles. The molecule has 1 nitrogen and oxygen atoms in total. The van der Waals surface area contributed by atoms with Gasteiger partial charge < -0.3 is 4.74 Å². The van der Waals surface area contributed by atoms with Crippen molar-refractivity contribution < 1.29 is 4.74 Å². The monoisotopic (exact) mass is 344 g/mol. The third-order valence-electron chi connectivity index (χ3n) is 1.19. The van der Waals surface area contributed by atoms with Crippen LogP contribution in [-0.2, 0) is 0 Å². The minimum atomic E-state index is 0.786. The largest absolute Gasteiger partial charge is 0.494 e. The van der Waals surface area contributed by atoms with Gasteiger partial charge in [-0.1, -0.05) is 0 Å². The molecule has 0 radical (unpaired) electrons. The van der Waals surface area contributed by atoms with E-state index in [4.69, 9.17) is 4.74 Å². The summed E-state index contributed by atoms with van der Waals surface area (Å²) in [7, 11) is 1.63. The molecule has 0 spiro atoms. The summed E-state index contributed by atoms with van der Waals surface area (Å²) in [4.78, 5) is 0.853. The van der Waals surface area contributed by atoms with E-state index in [1.807, 2.05) is 12.1 Å². The van der Waals surface area contributed by atoms with Gasteiger partial charge in [0.05, 0.1) is 11.6 Å². The predicted molar refractivity (Wildman–Crippen MR) is 60.7 cm³/mol. The zero-order chi connectivity index (χ0) is 8.43. The number of methoxy groups -OCH3 is 1. The fourth-order valence-corrected chi connectivity index (χ4v) is 3.17. The highest BCUT2D eigenvalue weighted by Crippen LogP contribution is 2.33. The quantitative estimate of drug-likeness (QED) is 0.607. The van der Waals surface area contributed by atoms with E-state index in [9.17, 15) is 0 Å². The minimum absolute atomic E-state index is 0.786. The first-order valence-corrected chi connectivity index (χ1v) is 5.19. The van der Waals surface area contributed by atoms with Crippen LogP contribution in [0.15, 0.2) is 21.5 Å². The average Bonchev–Trinajstić information content (AvgIpc) is 1.85. The van der Waals surface area contributed by atoms with Gasteiger partial charge in [0.2, 0.25) is 0 Å². The maximum absolute atomic E-state index is 5.10. The maximum Gasteiger partial charge on any atom is 0.146 e. The molecule has 1 aromatic rings. The smallest absolute Gasteiger partial charge is 0.146 e. The minimum Gasteiger partial charge on any atom is -0.494 e. The summed E-state index contributed by atoms with van der Waals surface area (Å²) >= 11 is 9.87. The average molecular weight is 345 g/mol. The highest BCUT2D eigenvalue weighted by Gasteiger charge is 2.04. The Morgan fingerprint density at radius 2 is 2.18 bits per heavy atom. The standard InChI is InChI=1S/C7H6BrIOS/c1-10-7-5(8)2-4(9)3-6(7)11/h2-3,11H,1H3. The van der Waals surface area contributed by atoms with Crippen LogP contribution >= 0.6 is 51.1 Å². The molecule has 0 bridgehead atoms. The zero-order valence-electron chi connectivity index (χ0n) is 5.77. The Morgan fingerprint density at radius 3 is 2.64 bits per heavy atom. The van der Waals surface area contributed by atoms with Crippen molar-refractivity contribution in [3.05, 3.63) is 20.2 Å². The molecule has 1 aromatic carbocycles. The van der Waals surface area contributed by atoms with Gasteiger partial charge in [0.25, 0.3) is 0 Å². The third kappa shape index (κ3) is 2.26. The predicted octanol–water partition coefficient (Wildman–Crippen LogP) is 3.35. The van der Waals surface area contributed by atoms with E-state index in [1.165, 1.54) is 0 Å². The number of halogens is 2. The summed E-state index contributed by atoms with van der Waals surface area (Å²) in [6, 6.07) is 3.94. The first-order valence-electron chi connectivity index (χ1n) is 2.87. The van der Waals surface area contributed by atoms with Crippen LogP contribution in [0.4, 0.5) is 0 Å². The molecule has 0 aromatic heterocycles. The summed E-state index contributed by atoms with van der Waals surface area (Å²) < 4.78 is 7.18. The van der Waals surface area contributed by atoms with E-state index in [2.05, 4.69) is 51.1 Å². The number of hydrogen-bond acceptors (Lipinski definition) is 2. The number of ether oxygens (including phenoxy) is 1. The van der Waals surface area contributed by atoms with Crippen LogP contribution in [0.25, 0.3) is 0 Å². The van der Waals surface area contributed by atoms with E-state index in [-0.39, 0.29) is 0 Å². The van der Waals surface area contributed by atoms with Crippen LogP contribution in [0, 0.1) is 3.57 Å². The molecule has 0 saturated carbocycles. The SMILES string of the molecule is COc1c(S)cc(I)cc1Br. The Balaban J connectivity index is 3.25. The second-order valence-corrected chi connectivity index (χ2v) is 4.52.